The lowest BCUT2D eigenvalue weighted by Gasteiger charge is -2.10. The zero-order chi connectivity index (χ0) is 21.5. The molecule has 1 atom stereocenters. The third-order valence-electron chi connectivity index (χ3n) is 5.59. The van der Waals surface area contributed by atoms with E-state index < -0.39 is 0 Å². The molecule has 154 valence electrons. The first-order valence-electron chi connectivity index (χ1n) is 10.2. The largest absolute Gasteiger partial charge is 0.345 e. The van der Waals surface area contributed by atoms with Crippen LogP contribution in [0.2, 0.25) is 0 Å². The number of aromatic nitrogens is 4. The number of amides is 1. The van der Waals surface area contributed by atoms with Crippen molar-refractivity contribution in [3.63, 3.8) is 0 Å². The van der Waals surface area contributed by atoms with Crippen LogP contribution in [0.25, 0.3) is 22.5 Å². The minimum atomic E-state index is -0.0257. The summed E-state index contributed by atoms with van der Waals surface area (Å²) in [7, 11) is 0. The van der Waals surface area contributed by atoms with Crippen LogP contribution in [0.1, 0.15) is 40.1 Å². The molecule has 0 saturated carbocycles. The summed E-state index contributed by atoms with van der Waals surface area (Å²) in [5.74, 6) is 1.14. The summed E-state index contributed by atoms with van der Waals surface area (Å²) < 4.78 is 0. The highest BCUT2D eigenvalue weighted by atomic mass is 16.2. The number of aryl methyl sites for hydroxylation is 2. The number of fused-ring (bicyclic) bond motifs is 1. The summed E-state index contributed by atoms with van der Waals surface area (Å²) in [6.45, 7) is 5.92. The molecule has 1 aliphatic heterocycles. The van der Waals surface area contributed by atoms with Gasteiger partial charge >= 0.3 is 0 Å². The number of rotatable bonds is 4. The van der Waals surface area contributed by atoms with E-state index in [1.807, 2.05) is 69.4 Å². The van der Waals surface area contributed by atoms with Gasteiger partial charge in [0.15, 0.2) is 5.82 Å². The number of pyridine rings is 1. The zero-order valence-corrected chi connectivity index (χ0v) is 17.5. The van der Waals surface area contributed by atoms with E-state index in [-0.39, 0.29) is 11.9 Å². The Balaban J connectivity index is 1.37. The average molecular weight is 410 g/mol. The van der Waals surface area contributed by atoms with Crippen LogP contribution in [0.15, 0.2) is 54.7 Å². The molecule has 0 fully saturated rings. The quantitative estimate of drug-likeness (QED) is 0.453. The zero-order valence-electron chi connectivity index (χ0n) is 17.5. The van der Waals surface area contributed by atoms with Crippen molar-refractivity contribution in [1.82, 2.24) is 25.5 Å². The molecule has 5 rings (SSSR count). The molecule has 1 unspecified atom stereocenters. The van der Waals surface area contributed by atoms with Gasteiger partial charge in [0.1, 0.15) is 0 Å². The van der Waals surface area contributed by atoms with Gasteiger partial charge in [-0.25, -0.2) is 0 Å². The first-order valence-corrected chi connectivity index (χ1v) is 10.2. The molecule has 4 aromatic rings. The molecular formula is C24H22N6O. The predicted octanol–water partition coefficient (Wildman–Crippen LogP) is 4.70. The maximum atomic E-state index is 12.0. The van der Waals surface area contributed by atoms with Gasteiger partial charge in [-0.2, -0.15) is 4.98 Å². The molecule has 7 nitrogen and oxygen atoms in total. The van der Waals surface area contributed by atoms with E-state index in [4.69, 9.17) is 0 Å². The van der Waals surface area contributed by atoms with Crippen LogP contribution in [0.4, 0.5) is 11.6 Å². The standard InChI is InChI=1S/C24H22N6O/c1-13-10-20-19(15(3)26-23(20)31)11-21(13)27-24-28-22(29-30-24)17-8-6-16(7-9-17)18-5-4-14(2)25-12-18/h4-12,15H,1-3H3,(H,26,31)(H2,27,28,29,30). The fourth-order valence-corrected chi connectivity index (χ4v) is 3.79. The molecule has 3 N–H and O–H groups in total. The lowest BCUT2D eigenvalue weighted by atomic mass is 10.0. The molecular weight excluding hydrogens is 388 g/mol. The fourth-order valence-electron chi connectivity index (χ4n) is 3.79. The molecule has 0 aliphatic carbocycles. The van der Waals surface area contributed by atoms with Crippen LogP contribution in [0.5, 0.6) is 0 Å². The van der Waals surface area contributed by atoms with E-state index in [2.05, 4.69) is 36.9 Å². The third kappa shape index (κ3) is 3.54. The molecule has 0 radical (unpaired) electrons. The Kier molecular flexibility index (Phi) is 4.51. The molecule has 7 heteroatoms. The lowest BCUT2D eigenvalue weighted by molar-refractivity contribution is 0.0958. The van der Waals surface area contributed by atoms with E-state index in [0.29, 0.717) is 11.8 Å². The molecule has 0 bridgehead atoms. The minimum Gasteiger partial charge on any atom is -0.345 e. The van der Waals surface area contributed by atoms with Gasteiger partial charge in [-0.3, -0.25) is 14.9 Å². The van der Waals surface area contributed by atoms with Crippen molar-refractivity contribution in [1.29, 1.82) is 0 Å². The molecule has 1 amide bonds. The van der Waals surface area contributed by atoms with Gasteiger partial charge in [0.05, 0.1) is 6.04 Å². The van der Waals surface area contributed by atoms with Crippen molar-refractivity contribution in [2.75, 3.05) is 5.32 Å². The van der Waals surface area contributed by atoms with Gasteiger partial charge in [0.2, 0.25) is 5.95 Å². The summed E-state index contributed by atoms with van der Waals surface area (Å²) in [6.07, 6.45) is 1.88. The molecule has 3 heterocycles. The van der Waals surface area contributed by atoms with Gasteiger partial charge in [-0.05, 0) is 55.7 Å². The fraction of sp³-hybridized carbons (Fsp3) is 0.167. The summed E-state index contributed by atoms with van der Waals surface area (Å²) in [5.41, 5.74) is 7.67. The number of hydrogen-bond acceptors (Lipinski definition) is 5. The van der Waals surface area contributed by atoms with E-state index in [9.17, 15) is 4.79 Å². The Morgan fingerprint density at radius 2 is 1.71 bits per heavy atom. The Bertz CT molecular complexity index is 1270. The Hall–Kier alpha value is -4.00. The number of carbonyl (C=O) groups is 1. The Labute approximate surface area is 180 Å². The van der Waals surface area contributed by atoms with Gasteiger partial charge < -0.3 is 10.6 Å². The van der Waals surface area contributed by atoms with Crippen molar-refractivity contribution in [2.24, 2.45) is 0 Å². The molecule has 0 spiro atoms. The summed E-state index contributed by atoms with van der Waals surface area (Å²) in [6, 6.07) is 16.1. The minimum absolute atomic E-state index is 0.00593. The molecule has 31 heavy (non-hydrogen) atoms. The molecule has 0 saturated heterocycles. The summed E-state index contributed by atoms with van der Waals surface area (Å²) >= 11 is 0. The van der Waals surface area contributed by atoms with E-state index >= 15 is 0 Å². The number of benzene rings is 2. The van der Waals surface area contributed by atoms with Crippen molar-refractivity contribution in [2.45, 2.75) is 26.8 Å². The summed E-state index contributed by atoms with van der Waals surface area (Å²) in [5, 5.41) is 13.5. The van der Waals surface area contributed by atoms with Crippen LogP contribution < -0.4 is 10.6 Å². The smallest absolute Gasteiger partial charge is 0.252 e. The van der Waals surface area contributed by atoms with Crippen LogP contribution in [-0.2, 0) is 0 Å². The average Bonchev–Trinajstić information content (AvgIpc) is 3.34. The predicted molar refractivity (Wildman–Crippen MR) is 120 cm³/mol. The topological polar surface area (TPSA) is 95.6 Å². The van der Waals surface area contributed by atoms with Crippen molar-refractivity contribution < 1.29 is 4.79 Å². The normalized spacial score (nSPS) is 14.9. The number of nitrogens with zero attached hydrogens (tertiary/aromatic N) is 3. The van der Waals surface area contributed by atoms with E-state index in [1.54, 1.807) is 0 Å². The second-order valence-corrected chi connectivity index (χ2v) is 7.85. The van der Waals surface area contributed by atoms with Crippen LogP contribution in [-0.4, -0.2) is 26.1 Å². The maximum Gasteiger partial charge on any atom is 0.252 e. The molecule has 1 aliphatic rings. The number of carbonyl (C=O) groups excluding carboxylic acids is 1. The van der Waals surface area contributed by atoms with Gasteiger partial charge in [0.25, 0.3) is 5.91 Å². The SMILES string of the molecule is Cc1ccc(-c2ccc(-c3nc(Nc4cc5c(cc4C)C(=O)NC5C)n[nH]3)cc2)cn1. The van der Waals surface area contributed by atoms with Gasteiger partial charge in [0, 0.05) is 34.3 Å². The van der Waals surface area contributed by atoms with Crippen LogP contribution in [0.3, 0.4) is 0 Å². The summed E-state index contributed by atoms with van der Waals surface area (Å²) in [4.78, 5) is 21.0. The van der Waals surface area contributed by atoms with E-state index in [0.717, 1.165) is 44.8 Å². The monoisotopic (exact) mass is 410 g/mol. The van der Waals surface area contributed by atoms with Crippen molar-refractivity contribution >= 4 is 17.5 Å². The highest BCUT2D eigenvalue weighted by Gasteiger charge is 2.26. The lowest BCUT2D eigenvalue weighted by Crippen LogP contribution is -2.16. The Morgan fingerprint density at radius 3 is 2.45 bits per heavy atom. The number of hydrogen-bond donors (Lipinski definition) is 3. The number of H-pyrrole nitrogens is 1. The number of nitrogens with one attached hydrogen (secondary N) is 3. The van der Waals surface area contributed by atoms with Crippen molar-refractivity contribution in [3.05, 3.63) is 77.1 Å². The van der Waals surface area contributed by atoms with Crippen molar-refractivity contribution in [3.8, 4) is 22.5 Å². The van der Waals surface area contributed by atoms with Gasteiger partial charge in [-0.1, -0.05) is 30.3 Å². The van der Waals surface area contributed by atoms with Crippen LogP contribution in [0, 0.1) is 13.8 Å². The molecule has 2 aromatic heterocycles. The third-order valence-corrected chi connectivity index (χ3v) is 5.59. The Morgan fingerprint density at radius 1 is 0.968 bits per heavy atom. The highest BCUT2D eigenvalue weighted by Crippen LogP contribution is 2.31. The first-order chi connectivity index (χ1) is 15.0. The number of anilines is 2. The molecule has 2 aromatic carbocycles. The maximum absolute atomic E-state index is 12.0. The highest BCUT2D eigenvalue weighted by molar-refractivity contribution is 6.00. The van der Waals surface area contributed by atoms with Crippen LogP contribution >= 0.6 is 0 Å². The van der Waals surface area contributed by atoms with E-state index in [1.165, 1.54) is 0 Å². The van der Waals surface area contributed by atoms with Gasteiger partial charge in [-0.15, -0.1) is 5.10 Å². The first kappa shape index (κ1) is 19.0. The second-order valence-electron chi connectivity index (χ2n) is 7.85. The second kappa shape index (κ2) is 7.36. The number of aromatic amines is 1.